The fourth-order valence-corrected chi connectivity index (χ4v) is 2.20. The van der Waals surface area contributed by atoms with Crippen LogP contribution in [0.4, 0.5) is 13.2 Å². The van der Waals surface area contributed by atoms with Crippen LogP contribution in [0, 0.1) is 0 Å². The van der Waals surface area contributed by atoms with Gasteiger partial charge in [-0.15, -0.1) is 10.2 Å². The van der Waals surface area contributed by atoms with Gasteiger partial charge in [0.2, 0.25) is 0 Å². The topological polar surface area (TPSA) is 30.2 Å². The highest BCUT2D eigenvalue weighted by molar-refractivity contribution is 7.99. The molecule has 0 aliphatic carbocycles. The number of nitrogens with zero attached hydrogens (tertiary/aromatic N) is 3. The first kappa shape index (κ1) is 12.5. The second kappa shape index (κ2) is 4.38. The van der Waals surface area contributed by atoms with Gasteiger partial charge >= 0.3 is 6.18 Å². The third-order valence-corrected chi connectivity index (χ3v) is 3.13. The molecule has 92 valence electrons. The van der Waals surface area contributed by atoms with Crippen LogP contribution >= 0.6 is 23.4 Å². The van der Waals surface area contributed by atoms with Crippen molar-refractivity contribution in [3.05, 3.63) is 22.8 Å². The molecule has 0 aromatic carbocycles. The number of halogens is 4. The second-order valence-electron chi connectivity index (χ2n) is 3.18. The first-order chi connectivity index (χ1) is 7.93. The van der Waals surface area contributed by atoms with Crippen LogP contribution in [0.5, 0.6) is 0 Å². The number of pyridine rings is 1. The molecule has 0 spiro atoms. The molecule has 2 aromatic rings. The molecule has 0 saturated carbocycles. The third kappa shape index (κ3) is 2.35. The molecule has 0 aliphatic heterocycles. The first-order valence-electron chi connectivity index (χ1n) is 4.67. The number of rotatable bonds is 2. The quantitative estimate of drug-likeness (QED) is 0.789. The van der Waals surface area contributed by atoms with Gasteiger partial charge in [0.05, 0.1) is 10.6 Å². The van der Waals surface area contributed by atoms with Crippen LogP contribution in [0.15, 0.2) is 17.4 Å². The minimum absolute atomic E-state index is 0.0599. The molecule has 0 amide bonds. The molecular formula is C9H7ClF3N3S. The lowest BCUT2D eigenvalue weighted by molar-refractivity contribution is -0.137. The van der Waals surface area contributed by atoms with E-state index < -0.39 is 11.7 Å². The summed E-state index contributed by atoms with van der Waals surface area (Å²) in [7, 11) is 0. The van der Waals surface area contributed by atoms with E-state index >= 15 is 0 Å². The number of alkyl halides is 3. The summed E-state index contributed by atoms with van der Waals surface area (Å²) in [5, 5.41) is 7.88. The van der Waals surface area contributed by atoms with Crippen molar-refractivity contribution in [2.75, 3.05) is 5.75 Å². The summed E-state index contributed by atoms with van der Waals surface area (Å²) < 4.78 is 39.1. The van der Waals surface area contributed by atoms with Gasteiger partial charge in [0.15, 0.2) is 10.8 Å². The molecule has 8 heteroatoms. The Hall–Kier alpha value is -0.950. The SMILES string of the molecule is CCSc1nnc2c(Cl)cc(C(F)(F)F)cn12. The van der Waals surface area contributed by atoms with E-state index in [1.54, 1.807) is 0 Å². The van der Waals surface area contributed by atoms with Crippen molar-refractivity contribution in [1.29, 1.82) is 0 Å². The van der Waals surface area contributed by atoms with Gasteiger partial charge < -0.3 is 0 Å². The van der Waals surface area contributed by atoms with Gasteiger partial charge in [-0.3, -0.25) is 4.40 Å². The molecule has 17 heavy (non-hydrogen) atoms. The highest BCUT2D eigenvalue weighted by atomic mass is 35.5. The Balaban J connectivity index is 2.65. The summed E-state index contributed by atoms with van der Waals surface area (Å²) in [5.41, 5.74) is -0.580. The Morgan fingerprint density at radius 2 is 2.12 bits per heavy atom. The molecule has 0 N–H and O–H groups in total. The normalized spacial score (nSPS) is 12.3. The van der Waals surface area contributed by atoms with Gasteiger partial charge in [0, 0.05) is 6.20 Å². The van der Waals surface area contributed by atoms with E-state index in [-0.39, 0.29) is 10.7 Å². The van der Waals surface area contributed by atoms with Crippen LogP contribution in [0.1, 0.15) is 12.5 Å². The maximum absolute atomic E-state index is 12.6. The summed E-state index contributed by atoms with van der Waals surface area (Å²) in [6, 6.07) is 0.853. The summed E-state index contributed by atoms with van der Waals surface area (Å²) >= 11 is 7.05. The van der Waals surface area contributed by atoms with Gasteiger partial charge in [-0.2, -0.15) is 13.2 Å². The van der Waals surface area contributed by atoms with Crippen molar-refractivity contribution >= 4 is 29.0 Å². The molecular weight excluding hydrogens is 275 g/mol. The minimum Gasteiger partial charge on any atom is -0.276 e. The van der Waals surface area contributed by atoms with Gasteiger partial charge in [0.1, 0.15) is 0 Å². The fourth-order valence-electron chi connectivity index (χ4n) is 1.32. The zero-order chi connectivity index (χ0) is 12.6. The van der Waals surface area contributed by atoms with Crippen LogP contribution in [-0.4, -0.2) is 20.4 Å². The fraction of sp³-hybridized carbons (Fsp3) is 0.333. The monoisotopic (exact) mass is 281 g/mol. The largest absolute Gasteiger partial charge is 0.417 e. The molecule has 0 unspecified atom stereocenters. The van der Waals surface area contributed by atoms with Crippen molar-refractivity contribution in [3.63, 3.8) is 0 Å². The number of fused-ring (bicyclic) bond motifs is 1. The third-order valence-electron chi connectivity index (χ3n) is 2.03. The van der Waals surface area contributed by atoms with Gasteiger partial charge in [0.25, 0.3) is 0 Å². The minimum atomic E-state index is -4.43. The maximum Gasteiger partial charge on any atom is 0.417 e. The van der Waals surface area contributed by atoms with Gasteiger partial charge in [-0.05, 0) is 11.8 Å². The second-order valence-corrected chi connectivity index (χ2v) is 4.82. The number of hydrogen-bond donors (Lipinski definition) is 0. The lowest BCUT2D eigenvalue weighted by Gasteiger charge is -2.08. The lowest BCUT2D eigenvalue weighted by Crippen LogP contribution is -2.07. The Morgan fingerprint density at radius 3 is 2.71 bits per heavy atom. The van der Waals surface area contributed by atoms with Crippen molar-refractivity contribution in [2.24, 2.45) is 0 Å². The highest BCUT2D eigenvalue weighted by Crippen LogP contribution is 2.33. The molecule has 2 rings (SSSR count). The lowest BCUT2D eigenvalue weighted by atomic mass is 10.3. The van der Waals surface area contributed by atoms with Crippen LogP contribution < -0.4 is 0 Å². The zero-order valence-electron chi connectivity index (χ0n) is 8.62. The zero-order valence-corrected chi connectivity index (χ0v) is 10.2. The average molecular weight is 282 g/mol. The molecule has 3 nitrogen and oxygen atoms in total. The molecule has 0 aliphatic rings. The van der Waals surface area contributed by atoms with E-state index in [4.69, 9.17) is 11.6 Å². The van der Waals surface area contributed by atoms with E-state index in [1.165, 1.54) is 16.2 Å². The number of thioether (sulfide) groups is 1. The molecule has 0 bridgehead atoms. The van der Waals surface area contributed by atoms with Crippen molar-refractivity contribution in [3.8, 4) is 0 Å². The van der Waals surface area contributed by atoms with Crippen LogP contribution in [0.2, 0.25) is 5.02 Å². The Labute approximate surface area is 104 Å². The van der Waals surface area contributed by atoms with E-state index in [0.29, 0.717) is 10.9 Å². The smallest absolute Gasteiger partial charge is 0.276 e. The first-order valence-corrected chi connectivity index (χ1v) is 6.04. The molecule has 2 aromatic heterocycles. The summed E-state index contributed by atoms with van der Waals surface area (Å²) in [6.45, 7) is 1.88. The van der Waals surface area contributed by atoms with Crippen molar-refractivity contribution in [2.45, 2.75) is 18.3 Å². The Morgan fingerprint density at radius 1 is 1.41 bits per heavy atom. The average Bonchev–Trinajstić information content (AvgIpc) is 2.61. The van der Waals surface area contributed by atoms with Crippen LogP contribution in [0.25, 0.3) is 5.65 Å². The van der Waals surface area contributed by atoms with E-state index in [0.717, 1.165) is 12.3 Å². The predicted octanol–water partition coefficient (Wildman–Crippen LogP) is 3.51. The predicted molar refractivity (Wildman–Crippen MR) is 59.4 cm³/mol. The molecule has 0 atom stereocenters. The standard InChI is InChI=1S/C9H7ClF3N3S/c1-2-17-8-15-14-7-6(10)3-5(4-16(7)8)9(11,12)13/h3-4H,2H2,1H3. The summed E-state index contributed by atoms with van der Waals surface area (Å²) in [5.74, 6) is 0.689. The molecule has 2 heterocycles. The van der Waals surface area contributed by atoms with Crippen molar-refractivity contribution < 1.29 is 13.2 Å². The summed E-state index contributed by atoms with van der Waals surface area (Å²) in [4.78, 5) is 0. The Bertz CT molecular complexity index is 552. The van der Waals surface area contributed by atoms with E-state index in [9.17, 15) is 13.2 Å². The van der Waals surface area contributed by atoms with Crippen LogP contribution in [-0.2, 0) is 6.18 Å². The highest BCUT2D eigenvalue weighted by Gasteiger charge is 2.32. The number of aromatic nitrogens is 3. The molecule has 0 radical (unpaired) electrons. The maximum atomic E-state index is 12.6. The van der Waals surface area contributed by atoms with E-state index in [2.05, 4.69) is 10.2 Å². The summed E-state index contributed by atoms with van der Waals surface area (Å²) in [6.07, 6.45) is -3.48. The van der Waals surface area contributed by atoms with E-state index in [1.807, 2.05) is 6.92 Å². The van der Waals surface area contributed by atoms with Crippen molar-refractivity contribution in [1.82, 2.24) is 14.6 Å². The van der Waals surface area contributed by atoms with Gasteiger partial charge in [-0.1, -0.05) is 30.3 Å². The molecule has 0 fully saturated rings. The Kier molecular flexibility index (Phi) is 3.22. The molecule has 0 saturated heterocycles. The number of hydrogen-bond acceptors (Lipinski definition) is 3. The van der Waals surface area contributed by atoms with Crippen LogP contribution in [0.3, 0.4) is 0 Å². The van der Waals surface area contributed by atoms with Gasteiger partial charge in [-0.25, -0.2) is 0 Å².